The summed E-state index contributed by atoms with van der Waals surface area (Å²) < 4.78 is 0. The molecule has 0 saturated heterocycles. The molecule has 3 N–H and O–H groups in total. The molecule has 0 aliphatic carbocycles. The van der Waals surface area contributed by atoms with Gasteiger partial charge >= 0.3 is 12.0 Å². The number of hydrogen-bond acceptors (Lipinski definition) is 4. The van der Waals surface area contributed by atoms with Crippen molar-refractivity contribution in [2.45, 2.75) is 6.54 Å². The highest BCUT2D eigenvalue weighted by atomic mass is 32.1. The van der Waals surface area contributed by atoms with Gasteiger partial charge < -0.3 is 15.7 Å². The number of carboxylic acids is 1. The molecule has 0 radical (unpaired) electrons. The third-order valence-electron chi connectivity index (χ3n) is 2.48. The first-order chi connectivity index (χ1) is 10.1. The van der Waals surface area contributed by atoms with Gasteiger partial charge in [0.25, 0.3) is 0 Å². The van der Waals surface area contributed by atoms with Crippen molar-refractivity contribution in [1.82, 2.24) is 10.3 Å². The van der Waals surface area contributed by atoms with E-state index in [9.17, 15) is 9.59 Å². The van der Waals surface area contributed by atoms with E-state index in [-0.39, 0.29) is 6.03 Å². The smallest absolute Gasteiger partial charge is 0.328 e. The van der Waals surface area contributed by atoms with Crippen LogP contribution in [0.3, 0.4) is 0 Å². The molecule has 0 aliphatic rings. The lowest BCUT2D eigenvalue weighted by Gasteiger charge is -2.07. The Labute approximate surface area is 125 Å². The van der Waals surface area contributed by atoms with Crippen LogP contribution < -0.4 is 10.6 Å². The van der Waals surface area contributed by atoms with Crippen molar-refractivity contribution in [1.29, 1.82) is 0 Å². The number of benzene rings is 1. The summed E-state index contributed by atoms with van der Waals surface area (Å²) in [5.41, 5.74) is 3.77. The Hall–Kier alpha value is -2.67. The van der Waals surface area contributed by atoms with Crippen LogP contribution in [0.5, 0.6) is 0 Å². The van der Waals surface area contributed by atoms with Crippen LogP contribution in [-0.2, 0) is 11.3 Å². The maximum Gasteiger partial charge on any atom is 0.328 e. The van der Waals surface area contributed by atoms with Crippen molar-refractivity contribution < 1.29 is 14.7 Å². The van der Waals surface area contributed by atoms with Gasteiger partial charge in [0.05, 0.1) is 17.7 Å². The fraction of sp³-hybridized carbons (Fsp3) is 0.0714. The molecule has 0 aliphatic heterocycles. The van der Waals surface area contributed by atoms with Crippen LogP contribution in [0, 0.1) is 0 Å². The van der Waals surface area contributed by atoms with Crippen LogP contribution in [-0.4, -0.2) is 22.1 Å². The average molecular weight is 303 g/mol. The van der Waals surface area contributed by atoms with Crippen molar-refractivity contribution in [2.24, 2.45) is 0 Å². The molecule has 0 unspecified atom stereocenters. The lowest BCUT2D eigenvalue weighted by atomic mass is 10.2. The number of rotatable bonds is 5. The van der Waals surface area contributed by atoms with Crippen LogP contribution in [0.25, 0.3) is 6.08 Å². The van der Waals surface area contributed by atoms with Gasteiger partial charge in [-0.2, -0.15) is 0 Å². The summed E-state index contributed by atoms with van der Waals surface area (Å²) in [4.78, 5) is 26.2. The molecular formula is C14H13N3O3S. The van der Waals surface area contributed by atoms with E-state index >= 15 is 0 Å². The van der Waals surface area contributed by atoms with Crippen LogP contribution in [0.4, 0.5) is 10.5 Å². The summed E-state index contributed by atoms with van der Waals surface area (Å²) in [6.45, 7) is 0.355. The minimum Gasteiger partial charge on any atom is -0.478 e. The van der Waals surface area contributed by atoms with Gasteiger partial charge in [-0.25, -0.2) is 14.6 Å². The second kappa shape index (κ2) is 7.20. The third-order valence-corrected chi connectivity index (χ3v) is 3.11. The van der Waals surface area contributed by atoms with Gasteiger partial charge in [-0.05, 0) is 23.8 Å². The number of amides is 2. The van der Waals surface area contributed by atoms with E-state index in [4.69, 9.17) is 5.11 Å². The lowest BCUT2D eigenvalue weighted by Crippen LogP contribution is -2.28. The maximum atomic E-state index is 11.7. The molecule has 7 heteroatoms. The molecule has 21 heavy (non-hydrogen) atoms. The van der Waals surface area contributed by atoms with E-state index in [1.165, 1.54) is 17.4 Å². The number of carboxylic acid groups (broad SMARTS) is 1. The number of thiazole rings is 1. The molecule has 2 aromatic rings. The zero-order chi connectivity index (χ0) is 15.1. The van der Waals surface area contributed by atoms with Crippen molar-refractivity contribution in [3.8, 4) is 0 Å². The summed E-state index contributed by atoms with van der Waals surface area (Å²) in [7, 11) is 0. The molecule has 0 saturated carbocycles. The number of carbonyl (C=O) groups excluding carboxylic acids is 1. The van der Waals surface area contributed by atoms with Gasteiger partial charge in [0.2, 0.25) is 0 Å². The zero-order valence-corrected chi connectivity index (χ0v) is 11.8. The molecule has 2 rings (SSSR count). The van der Waals surface area contributed by atoms with Crippen molar-refractivity contribution in [2.75, 3.05) is 5.32 Å². The Kier molecular flexibility index (Phi) is 5.05. The maximum absolute atomic E-state index is 11.7. The Morgan fingerprint density at radius 1 is 1.38 bits per heavy atom. The number of hydrogen-bond donors (Lipinski definition) is 3. The molecule has 2 amide bonds. The summed E-state index contributed by atoms with van der Waals surface area (Å²) >= 11 is 1.47. The zero-order valence-electron chi connectivity index (χ0n) is 10.9. The first kappa shape index (κ1) is 14.7. The van der Waals surface area contributed by atoms with E-state index in [1.807, 2.05) is 5.38 Å². The molecular weight excluding hydrogens is 290 g/mol. The van der Waals surface area contributed by atoms with E-state index in [1.54, 1.807) is 29.8 Å². The Morgan fingerprint density at radius 3 is 2.95 bits per heavy atom. The Balaban J connectivity index is 1.91. The number of carbonyl (C=O) groups is 2. The number of nitrogens with zero attached hydrogens (tertiary/aromatic N) is 1. The largest absolute Gasteiger partial charge is 0.478 e. The van der Waals surface area contributed by atoms with Gasteiger partial charge in [0.15, 0.2) is 0 Å². The van der Waals surface area contributed by atoms with E-state index in [0.29, 0.717) is 17.8 Å². The first-order valence-corrected chi connectivity index (χ1v) is 7.01. The number of nitrogens with one attached hydrogen (secondary N) is 2. The number of aromatic nitrogens is 1. The number of urea groups is 1. The van der Waals surface area contributed by atoms with Crippen LogP contribution in [0.2, 0.25) is 0 Å². The summed E-state index contributed by atoms with van der Waals surface area (Å²) in [6.07, 6.45) is 2.50. The van der Waals surface area contributed by atoms with E-state index in [0.717, 1.165) is 11.8 Å². The summed E-state index contributed by atoms with van der Waals surface area (Å²) in [5.74, 6) is -1.02. The molecule has 6 nitrogen and oxygen atoms in total. The minimum absolute atomic E-state index is 0.345. The Bertz CT molecular complexity index is 653. The molecule has 1 heterocycles. The molecule has 0 atom stereocenters. The quantitative estimate of drug-likeness (QED) is 0.740. The second-order valence-electron chi connectivity index (χ2n) is 4.08. The predicted octanol–water partition coefficient (Wildman–Crippen LogP) is 2.56. The number of anilines is 1. The van der Waals surface area contributed by atoms with Crippen LogP contribution in [0.15, 0.2) is 41.2 Å². The molecule has 1 aromatic carbocycles. The summed E-state index contributed by atoms with van der Waals surface area (Å²) in [5, 5.41) is 15.8. The van der Waals surface area contributed by atoms with Gasteiger partial charge in [-0.1, -0.05) is 12.1 Å². The number of aliphatic carboxylic acids is 1. The van der Waals surface area contributed by atoms with E-state index in [2.05, 4.69) is 15.6 Å². The average Bonchev–Trinajstić information content (AvgIpc) is 2.97. The third kappa shape index (κ3) is 5.07. The van der Waals surface area contributed by atoms with Gasteiger partial charge in [0.1, 0.15) is 0 Å². The van der Waals surface area contributed by atoms with Gasteiger partial charge in [0, 0.05) is 17.1 Å². The fourth-order valence-corrected chi connectivity index (χ4v) is 2.12. The fourth-order valence-electron chi connectivity index (χ4n) is 1.56. The van der Waals surface area contributed by atoms with Crippen LogP contribution >= 0.6 is 11.3 Å². The predicted molar refractivity (Wildman–Crippen MR) is 81.1 cm³/mol. The normalized spacial score (nSPS) is 10.5. The highest BCUT2D eigenvalue weighted by Gasteiger charge is 2.03. The Morgan fingerprint density at radius 2 is 2.24 bits per heavy atom. The van der Waals surface area contributed by atoms with Gasteiger partial charge in [-0.3, -0.25) is 0 Å². The molecule has 0 fully saturated rings. The highest BCUT2D eigenvalue weighted by molar-refractivity contribution is 7.07. The van der Waals surface area contributed by atoms with Crippen molar-refractivity contribution >= 4 is 35.1 Å². The molecule has 108 valence electrons. The lowest BCUT2D eigenvalue weighted by molar-refractivity contribution is -0.131. The second-order valence-corrected chi connectivity index (χ2v) is 4.80. The van der Waals surface area contributed by atoms with Crippen molar-refractivity contribution in [3.05, 3.63) is 52.5 Å². The van der Waals surface area contributed by atoms with E-state index < -0.39 is 5.97 Å². The van der Waals surface area contributed by atoms with Crippen LogP contribution in [0.1, 0.15) is 11.3 Å². The van der Waals surface area contributed by atoms with Crippen molar-refractivity contribution in [3.63, 3.8) is 0 Å². The molecule has 1 aromatic heterocycles. The monoisotopic (exact) mass is 303 g/mol. The molecule has 0 spiro atoms. The highest BCUT2D eigenvalue weighted by Crippen LogP contribution is 2.12. The summed E-state index contributed by atoms with van der Waals surface area (Å²) in [6, 6.07) is 6.54. The van der Waals surface area contributed by atoms with Gasteiger partial charge in [-0.15, -0.1) is 11.3 Å². The molecule has 0 bridgehead atoms. The minimum atomic E-state index is -1.02. The SMILES string of the molecule is O=C(O)/C=C/c1cccc(NC(=O)NCc2cscn2)c1. The first-order valence-electron chi connectivity index (χ1n) is 6.06. The standard InChI is InChI=1S/C14H13N3O3S/c18-13(19)5-4-10-2-1-3-11(6-10)17-14(20)15-7-12-8-21-9-16-12/h1-6,8-9H,7H2,(H,18,19)(H2,15,17,20)/b5-4+. The topological polar surface area (TPSA) is 91.3 Å².